The molecule has 7 heteroatoms. The molecule has 0 radical (unpaired) electrons. The molecule has 0 saturated carbocycles. The standard InChI is InChI=1S/C18H18F2N4O/c1-10-4-6-13(7-5-10)22-15(25)9-24-18-16(12(3)23-24)14(17(19)20)8-11(2)21-18/h4-8,17H,9H2,1-3H3,(H,22,25). The van der Waals surface area contributed by atoms with E-state index in [-0.39, 0.29) is 18.0 Å². The molecule has 0 fully saturated rings. The first-order valence-corrected chi connectivity index (χ1v) is 7.84. The van der Waals surface area contributed by atoms with E-state index in [2.05, 4.69) is 15.4 Å². The summed E-state index contributed by atoms with van der Waals surface area (Å²) in [5, 5.41) is 7.31. The minimum absolute atomic E-state index is 0.0999. The number of hydrogen-bond donors (Lipinski definition) is 1. The Morgan fingerprint density at radius 3 is 2.52 bits per heavy atom. The Balaban J connectivity index is 1.91. The number of pyridine rings is 1. The first-order chi connectivity index (χ1) is 11.8. The van der Waals surface area contributed by atoms with Crippen LogP contribution in [0.1, 0.15) is 28.9 Å². The zero-order valence-electron chi connectivity index (χ0n) is 14.2. The number of amides is 1. The van der Waals surface area contributed by atoms with Crippen LogP contribution in [0.25, 0.3) is 11.0 Å². The lowest BCUT2D eigenvalue weighted by Crippen LogP contribution is -2.19. The predicted molar refractivity (Wildman–Crippen MR) is 91.8 cm³/mol. The van der Waals surface area contributed by atoms with Crippen molar-refractivity contribution < 1.29 is 13.6 Å². The lowest BCUT2D eigenvalue weighted by atomic mass is 10.1. The number of nitrogens with zero attached hydrogens (tertiary/aromatic N) is 3. The van der Waals surface area contributed by atoms with Gasteiger partial charge in [0, 0.05) is 16.9 Å². The number of benzene rings is 1. The van der Waals surface area contributed by atoms with Crippen molar-refractivity contribution in [2.75, 3.05) is 5.32 Å². The van der Waals surface area contributed by atoms with Gasteiger partial charge in [0.15, 0.2) is 5.65 Å². The van der Waals surface area contributed by atoms with E-state index in [9.17, 15) is 13.6 Å². The Hall–Kier alpha value is -2.83. The Morgan fingerprint density at radius 2 is 1.88 bits per heavy atom. The minimum Gasteiger partial charge on any atom is -0.324 e. The van der Waals surface area contributed by atoms with E-state index >= 15 is 0 Å². The molecule has 25 heavy (non-hydrogen) atoms. The molecule has 5 nitrogen and oxygen atoms in total. The van der Waals surface area contributed by atoms with Crippen molar-refractivity contribution in [3.63, 3.8) is 0 Å². The molecular weight excluding hydrogens is 326 g/mol. The highest BCUT2D eigenvalue weighted by Crippen LogP contribution is 2.29. The summed E-state index contributed by atoms with van der Waals surface area (Å²) in [6.07, 6.45) is -2.62. The summed E-state index contributed by atoms with van der Waals surface area (Å²) in [6, 6.07) is 8.75. The van der Waals surface area contributed by atoms with Crippen molar-refractivity contribution in [3.05, 3.63) is 52.8 Å². The second-order valence-corrected chi connectivity index (χ2v) is 6.01. The Labute approximate surface area is 143 Å². The smallest absolute Gasteiger partial charge is 0.264 e. The Kier molecular flexibility index (Phi) is 4.48. The molecule has 0 saturated heterocycles. The molecule has 0 aliphatic carbocycles. The molecule has 1 aromatic carbocycles. The van der Waals surface area contributed by atoms with Crippen LogP contribution in [-0.2, 0) is 11.3 Å². The molecule has 1 amide bonds. The highest BCUT2D eigenvalue weighted by atomic mass is 19.3. The number of alkyl halides is 2. The maximum Gasteiger partial charge on any atom is 0.264 e. The van der Waals surface area contributed by atoms with Crippen molar-refractivity contribution in [1.82, 2.24) is 14.8 Å². The van der Waals surface area contributed by atoms with Crippen molar-refractivity contribution in [3.8, 4) is 0 Å². The van der Waals surface area contributed by atoms with Gasteiger partial charge in [0.2, 0.25) is 5.91 Å². The van der Waals surface area contributed by atoms with Crippen molar-refractivity contribution in [1.29, 1.82) is 0 Å². The van der Waals surface area contributed by atoms with Crippen molar-refractivity contribution >= 4 is 22.6 Å². The average molecular weight is 344 g/mol. The maximum atomic E-state index is 13.3. The van der Waals surface area contributed by atoms with Crippen molar-refractivity contribution in [2.45, 2.75) is 33.7 Å². The Morgan fingerprint density at radius 1 is 1.20 bits per heavy atom. The number of hydrogen-bond acceptors (Lipinski definition) is 3. The fraction of sp³-hybridized carbons (Fsp3) is 0.278. The molecule has 130 valence electrons. The number of carbonyl (C=O) groups is 1. The SMILES string of the molecule is Cc1ccc(NC(=O)Cn2nc(C)c3c(C(F)F)cc(C)nc32)cc1. The van der Waals surface area contributed by atoms with E-state index in [1.807, 2.05) is 19.1 Å². The second-order valence-electron chi connectivity index (χ2n) is 6.01. The summed E-state index contributed by atoms with van der Waals surface area (Å²) in [5.41, 5.74) is 2.84. The monoisotopic (exact) mass is 344 g/mol. The third-order valence-corrected chi connectivity index (χ3v) is 3.90. The highest BCUT2D eigenvalue weighted by molar-refractivity contribution is 5.92. The van der Waals surface area contributed by atoms with Crippen LogP contribution < -0.4 is 5.32 Å². The van der Waals surface area contributed by atoms with E-state index in [0.29, 0.717) is 28.1 Å². The largest absolute Gasteiger partial charge is 0.324 e. The van der Waals surface area contributed by atoms with Crippen LogP contribution in [-0.4, -0.2) is 20.7 Å². The van der Waals surface area contributed by atoms with Gasteiger partial charge in [-0.25, -0.2) is 18.4 Å². The summed E-state index contributed by atoms with van der Waals surface area (Å²) in [4.78, 5) is 16.6. The van der Waals surface area contributed by atoms with Gasteiger partial charge in [-0.05, 0) is 39.0 Å². The highest BCUT2D eigenvalue weighted by Gasteiger charge is 2.20. The van der Waals surface area contributed by atoms with Crippen LogP contribution in [0.3, 0.4) is 0 Å². The topological polar surface area (TPSA) is 59.8 Å². The summed E-state index contributed by atoms with van der Waals surface area (Å²) < 4.78 is 28.0. The zero-order valence-corrected chi connectivity index (χ0v) is 14.2. The second kappa shape index (κ2) is 6.58. The first kappa shape index (κ1) is 17.0. The third-order valence-electron chi connectivity index (χ3n) is 3.90. The lowest BCUT2D eigenvalue weighted by Gasteiger charge is -2.08. The van der Waals surface area contributed by atoms with Crippen LogP contribution in [0.5, 0.6) is 0 Å². The van der Waals surface area contributed by atoms with Gasteiger partial charge in [0.1, 0.15) is 6.54 Å². The number of aromatic nitrogens is 3. The number of halogens is 2. The average Bonchev–Trinajstić information content (AvgIpc) is 2.84. The number of anilines is 1. The number of carbonyl (C=O) groups excluding carboxylic acids is 1. The van der Waals surface area contributed by atoms with Gasteiger partial charge in [-0.15, -0.1) is 0 Å². The molecular formula is C18H18F2N4O. The van der Waals surface area contributed by atoms with Gasteiger partial charge in [0.25, 0.3) is 6.43 Å². The van der Waals surface area contributed by atoms with Crippen LogP contribution >= 0.6 is 0 Å². The molecule has 0 unspecified atom stereocenters. The van der Waals surface area contributed by atoms with Gasteiger partial charge >= 0.3 is 0 Å². The van der Waals surface area contributed by atoms with Gasteiger partial charge in [-0.3, -0.25) is 4.79 Å². The van der Waals surface area contributed by atoms with E-state index in [4.69, 9.17) is 0 Å². The predicted octanol–water partition coefficient (Wildman–Crippen LogP) is 3.93. The number of aryl methyl sites for hydroxylation is 3. The molecule has 2 heterocycles. The fourth-order valence-corrected chi connectivity index (χ4v) is 2.77. The van der Waals surface area contributed by atoms with Crippen LogP contribution in [0.4, 0.5) is 14.5 Å². The van der Waals surface area contributed by atoms with Gasteiger partial charge in [-0.2, -0.15) is 5.10 Å². The molecule has 0 aliphatic heterocycles. The number of fused-ring (bicyclic) bond motifs is 1. The Bertz CT molecular complexity index is 932. The van der Waals surface area contributed by atoms with Gasteiger partial charge in [0.05, 0.1) is 11.1 Å². The molecule has 0 atom stereocenters. The summed E-state index contributed by atoms with van der Waals surface area (Å²) in [7, 11) is 0. The van der Waals surface area contributed by atoms with Gasteiger partial charge in [-0.1, -0.05) is 17.7 Å². The van der Waals surface area contributed by atoms with E-state index in [1.54, 1.807) is 26.0 Å². The minimum atomic E-state index is -2.62. The third kappa shape index (κ3) is 3.50. The number of nitrogens with one attached hydrogen (secondary N) is 1. The summed E-state index contributed by atoms with van der Waals surface area (Å²) in [6.45, 7) is 5.14. The quantitative estimate of drug-likeness (QED) is 0.780. The first-order valence-electron chi connectivity index (χ1n) is 7.84. The van der Waals surface area contributed by atoms with Crippen molar-refractivity contribution in [2.24, 2.45) is 0 Å². The number of rotatable bonds is 4. The fourth-order valence-electron chi connectivity index (χ4n) is 2.77. The van der Waals surface area contributed by atoms with Crippen LogP contribution in [0.15, 0.2) is 30.3 Å². The summed E-state index contributed by atoms with van der Waals surface area (Å²) in [5.74, 6) is -0.296. The van der Waals surface area contributed by atoms with E-state index in [0.717, 1.165) is 5.56 Å². The van der Waals surface area contributed by atoms with E-state index in [1.165, 1.54) is 10.7 Å². The zero-order chi connectivity index (χ0) is 18.1. The molecule has 3 aromatic rings. The van der Waals surface area contributed by atoms with Crippen LogP contribution in [0, 0.1) is 20.8 Å². The summed E-state index contributed by atoms with van der Waals surface area (Å²) >= 11 is 0. The molecule has 2 aromatic heterocycles. The molecule has 0 spiro atoms. The van der Waals surface area contributed by atoms with E-state index < -0.39 is 6.43 Å². The lowest BCUT2D eigenvalue weighted by molar-refractivity contribution is -0.116. The maximum absolute atomic E-state index is 13.3. The molecule has 1 N–H and O–H groups in total. The van der Waals surface area contributed by atoms with Crippen LogP contribution in [0.2, 0.25) is 0 Å². The molecule has 0 aliphatic rings. The molecule has 0 bridgehead atoms. The normalized spacial score (nSPS) is 11.3. The van der Waals surface area contributed by atoms with Gasteiger partial charge < -0.3 is 5.32 Å². The molecule has 3 rings (SSSR count).